The summed E-state index contributed by atoms with van der Waals surface area (Å²) in [6, 6.07) is 0. The summed E-state index contributed by atoms with van der Waals surface area (Å²) in [6.07, 6.45) is 6.10. The van der Waals surface area contributed by atoms with E-state index in [1.54, 1.807) is 0 Å². The van der Waals surface area contributed by atoms with Gasteiger partial charge in [0.05, 0.1) is 7.85 Å². The Labute approximate surface area is 73.2 Å². The first kappa shape index (κ1) is 11.1. The number of hydrogen-bond acceptors (Lipinski definition) is 0. The van der Waals surface area contributed by atoms with Gasteiger partial charge in [-0.1, -0.05) is 52.8 Å². The highest BCUT2D eigenvalue weighted by Gasteiger charge is 2.05. The van der Waals surface area contributed by atoms with Gasteiger partial charge in [-0.3, -0.25) is 0 Å². The second-order valence-electron chi connectivity index (χ2n) is 3.86. The van der Waals surface area contributed by atoms with E-state index in [9.17, 15) is 0 Å². The molecule has 0 aliphatic rings. The van der Waals surface area contributed by atoms with Gasteiger partial charge in [-0.2, -0.15) is 0 Å². The predicted octanol–water partition coefficient (Wildman–Crippen LogP) is 3.43. The Balaban J connectivity index is 3.10. The van der Waals surface area contributed by atoms with E-state index in [0.29, 0.717) is 0 Å². The van der Waals surface area contributed by atoms with Crippen LogP contribution in [0.3, 0.4) is 0 Å². The third-order valence-electron chi connectivity index (χ3n) is 2.50. The van der Waals surface area contributed by atoms with Crippen molar-refractivity contribution in [2.75, 3.05) is 0 Å². The topological polar surface area (TPSA) is 0 Å². The molecule has 0 aliphatic heterocycles. The SMILES string of the molecule is [B]CCCCCC(C)C(C)C. The second-order valence-corrected chi connectivity index (χ2v) is 3.86. The zero-order valence-corrected chi connectivity index (χ0v) is 8.27. The minimum Gasteiger partial charge on any atom is -0.0887 e. The van der Waals surface area contributed by atoms with Gasteiger partial charge >= 0.3 is 0 Å². The lowest BCUT2D eigenvalue weighted by atomic mass is 9.91. The van der Waals surface area contributed by atoms with Gasteiger partial charge in [0.15, 0.2) is 0 Å². The Morgan fingerprint density at radius 2 is 1.64 bits per heavy atom. The summed E-state index contributed by atoms with van der Waals surface area (Å²) in [5, 5.41) is 0. The molecular weight excluding hydrogens is 131 g/mol. The average molecular weight is 152 g/mol. The van der Waals surface area contributed by atoms with Crippen LogP contribution in [0.4, 0.5) is 0 Å². The van der Waals surface area contributed by atoms with Gasteiger partial charge in [-0.25, -0.2) is 0 Å². The zero-order chi connectivity index (χ0) is 8.69. The quantitative estimate of drug-likeness (QED) is 0.404. The molecule has 64 valence electrons. The van der Waals surface area contributed by atoms with Gasteiger partial charge in [0, 0.05) is 0 Å². The van der Waals surface area contributed by atoms with Crippen molar-refractivity contribution >= 4 is 7.85 Å². The molecule has 0 spiro atoms. The third-order valence-corrected chi connectivity index (χ3v) is 2.50. The molecule has 0 saturated carbocycles. The van der Waals surface area contributed by atoms with E-state index in [1.165, 1.54) is 25.7 Å². The maximum absolute atomic E-state index is 5.41. The minimum absolute atomic E-state index is 0.841. The van der Waals surface area contributed by atoms with Crippen molar-refractivity contribution < 1.29 is 0 Å². The Morgan fingerprint density at radius 3 is 2.09 bits per heavy atom. The fourth-order valence-electron chi connectivity index (χ4n) is 1.12. The van der Waals surface area contributed by atoms with Crippen LogP contribution in [0.1, 0.15) is 46.5 Å². The molecule has 11 heavy (non-hydrogen) atoms. The highest BCUT2D eigenvalue weighted by atomic mass is 14.1. The molecule has 0 rings (SSSR count). The van der Waals surface area contributed by atoms with Gasteiger partial charge in [0.2, 0.25) is 0 Å². The van der Waals surface area contributed by atoms with Crippen molar-refractivity contribution in [1.29, 1.82) is 0 Å². The van der Waals surface area contributed by atoms with E-state index in [2.05, 4.69) is 20.8 Å². The molecule has 0 aliphatic carbocycles. The fraction of sp³-hybridized carbons (Fsp3) is 1.00. The van der Waals surface area contributed by atoms with E-state index in [4.69, 9.17) is 7.85 Å². The molecular formula is C10H21B. The maximum Gasteiger partial charge on any atom is 0.0653 e. The number of hydrogen-bond donors (Lipinski definition) is 0. The lowest BCUT2D eigenvalue weighted by molar-refractivity contribution is 0.377. The van der Waals surface area contributed by atoms with E-state index < -0.39 is 0 Å². The van der Waals surface area contributed by atoms with E-state index >= 15 is 0 Å². The van der Waals surface area contributed by atoms with Gasteiger partial charge in [-0.05, 0) is 11.8 Å². The molecule has 2 radical (unpaired) electrons. The van der Waals surface area contributed by atoms with E-state index in [0.717, 1.165) is 18.2 Å². The Bertz CT molecular complexity index is 78.9. The van der Waals surface area contributed by atoms with Crippen molar-refractivity contribution in [2.45, 2.75) is 52.8 Å². The number of unbranched alkanes of at least 4 members (excludes halogenated alkanes) is 2. The van der Waals surface area contributed by atoms with Gasteiger partial charge < -0.3 is 0 Å². The van der Waals surface area contributed by atoms with Crippen LogP contribution >= 0.6 is 0 Å². The lowest BCUT2D eigenvalue weighted by Crippen LogP contribution is -2.03. The predicted molar refractivity (Wildman–Crippen MR) is 53.0 cm³/mol. The highest BCUT2D eigenvalue weighted by Crippen LogP contribution is 2.17. The monoisotopic (exact) mass is 152 g/mol. The zero-order valence-electron chi connectivity index (χ0n) is 8.27. The Kier molecular flexibility index (Phi) is 6.80. The largest absolute Gasteiger partial charge is 0.0887 e. The molecule has 0 N–H and O–H groups in total. The molecule has 0 heterocycles. The summed E-state index contributed by atoms with van der Waals surface area (Å²) < 4.78 is 0. The van der Waals surface area contributed by atoms with Gasteiger partial charge in [0.25, 0.3) is 0 Å². The van der Waals surface area contributed by atoms with Crippen LogP contribution in [0.2, 0.25) is 6.32 Å². The molecule has 0 aromatic rings. The van der Waals surface area contributed by atoms with E-state index in [1.807, 2.05) is 0 Å². The van der Waals surface area contributed by atoms with Crippen molar-refractivity contribution in [3.8, 4) is 0 Å². The highest BCUT2D eigenvalue weighted by molar-refractivity contribution is 6.08. The average Bonchev–Trinajstić information content (AvgIpc) is 1.97. The smallest absolute Gasteiger partial charge is 0.0653 e. The molecule has 0 bridgehead atoms. The lowest BCUT2D eigenvalue weighted by Gasteiger charge is -2.14. The molecule has 0 aromatic carbocycles. The van der Waals surface area contributed by atoms with Gasteiger partial charge in [-0.15, -0.1) is 0 Å². The van der Waals surface area contributed by atoms with Crippen molar-refractivity contribution in [3.05, 3.63) is 0 Å². The van der Waals surface area contributed by atoms with Crippen molar-refractivity contribution in [2.24, 2.45) is 11.8 Å². The van der Waals surface area contributed by atoms with Crippen LogP contribution in [0.15, 0.2) is 0 Å². The normalized spacial score (nSPS) is 13.8. The molecule has 1 heteroatoms. The first-order chi connectivity index (χ1) is 5.18. The van der Waals surface area contributed by atoms with Crippen molar-refractivity contribution in [3.63, 3.8) is 0 Å². The van der Waals surface area contributed by atoms with Crippen LogP contribution in [-0.4, -0.2) is 7.85 Å². The first-order valence-corrected chi connectivity index (χ1v) is 4.88. The Hall–Kier alpha value is 0.0649. The summed E-state index contributed by atoms with van der Waals surface area (Å²) in [4.78, 5) is 0. The molecule has 0 fully saturated rings. The van der Waals surface area contributed by atoms with Gasteiger partial charge in [0.1, 0.15) is 0 Å². The second kappa shape index (κ2) is 6.76. The molecule has 1 unspecified atom stereocenters. The molecule has 0 saturated heterocycles. The molecule has 0 aromatic heterocycles. The molecule has 1 atom stereocenters. The van der Waals surface area contributed by atoms with Crippen molar-refractivity contribution in [1.82, 2.24) is 0 Å². The summed E-state index contributed by atoms with van der Waals surface area (Å²) in [5.74, 6) is 1.72. The van der Waals surface area contributed by atoms with Crippen LogP contribution in [0, 0.1) is 11.8 Å². The van der Waals surface area contributed by atoms with Crippen LogP contribution < -0.4 is 0 Å². The third kappa shape index (κ3) is 6.46. The summed E-state index contributed by atoms with van der Waals surface area (Å²) in [5.41, 5.74) is 0. The summed E-state index contributed by atoms with van der Waals surface area (Å²) in [7, 11) is 5.41. The first-order valence-electron chi connectivity index (χ1n) is 4.88. The standard InChI is InChI=1S/C10H21B/c1-9(2)10(3)7-5-4-6-8-11/h9-10H,4-8H2,1-3H3. The molecule has 0 amide bonds. The summed E-state index contributed by atoms with van der Waals surface area (Å²) in [6.45, 7) is 6.94. The van der Waals surface area contributed by atoms with E-state index in [-0.39, 0.29) is 0 Å². The molecule has 0 nitrogen and oxygen atoms in total. The maximum atomic E-state index is 5.41. The van der Waals surface area contributed by atoms with Crippen LogP contribution in [-0.2, 0) is 0 Å². The van der Waals surface area contributed by atoms with Crippen LogP contribution in [0.25, 0.3) is 0 Å². The summed E-state index contributed by atoms with van der Waals surface area (Å²) >= 11 is 0. The minimum atomic E-state index is 0.841. The number of rotatable bonds is 6. The van der Waals surface area contributed by atoms with Crippen LogP contribution in [0.5, 0.6) is 0 Å². The Morgan fingerprint density at radius 1 is 1.00 bits per heavy atom. The fourth-order valence-corrected chi connectivity index (χ4v) is 1.12.